The maximum atomic E-state index is 12.8. The summed E-state index contributed by atoms with van der Waals surface area (Å²) in [4.78, 5) is 22.2. The van der Waals surface area contributed by atoms with E-state index in [-0.39, 0.29) is 24.5 Å². The Kier molecular flexibility index (Phi) is 4.09. The SMILES string of the molecule is NC(=O)CCNC(=O)c1cc(-c2ccc(F)cc2)on1. The monoisotopic (exact) mass is 277 g/mol. The summed E-state index contributed by atoms with van der Waals surface area (Å²) in [6, 6.07) is 7.04. The number of amides is 2. The van der Waals surface area contributed by atoms with E-state index in [4.69, 9.17) is 10.3 Å². The second-order valence-electron chi connectivity index (χ2n) is 4.06. The van der Waals surface area contributed by atoms with Crippen molar-refractivity contribution in [1.82, 2.24) is 10.5 Å². The molecule has 104 valence electrons. The van der Waals surface area contributed by atoms with Crippen LogP contribution >= 0.6 is 0 Å². The summed E-state index contributed by atoms with van der Waals surface area (Å²) in [6.07, 6.45) is 0.0500. The smallest absolute Gasteiger partial charge is 0.273 e. The van der Waals surface area contributed by atoms with Crippen LogP contribution in [-0.4, -0.2) is 23.5 Å². The van der Waals surface area contributed by atoms with Gasteiger partial charge in [-0.2, -0.15) is 0 Å². The average molecular weight is 277 g/mol. The molecule has 0 bridgehead atoms. The molecule has 0 saturated heterocycles. The zero-order valence-electron chi connectivity index (χ0n) is 10.4. The van der Waals surface area contributed by atoms with E-state index in [1.165, 1.54) is 30.3 Å². The number of benzene rings is 1. The van der Waals surface area contributed by atoms with Gasteiger partial charge in [0.15, 0.2) is 11.5 Å². The molecular formula is C13H12FN3O3. The highest BCUT2D eigenvalue weighted by atomic mass is 19.1. The van der Waals surface area contributed by atoms with Crippen LogP contribution in [0, 0.1) is 5.82 Å². The number of carbonyl (C=O) groups is 2. The highest BCUT2D eigenvalue weighted by molar-refractivity contribution is 5.93. The van der Waals surface area contributed by atoms with Crippen LogP contribution in [-0.2, 0) is 4.79 Å². The van der Waals surface area contributed by atoms with Gasteiger partial charge in [0, 0.05) is 24.6 Å². The summed E-state index contributed by atoms with van der Waals surface area (Å²) in [6.45, 7) is 0.132. The molecule has 1 heterocycles. The van der Waals surface area contributed by atoms with Gasteiger partial charge in [0.05, 0.1) is 0 Å². The molecule has 0 unspecified atom stereocenters. The van der Waals surface area contributed by atoms with Crippen molar-refractivity contribution in [3.63, 3.8) is 0 Å². The highest BCUT2D eigenvalue weighted by Crippen LogP contribution is 2.20. The van der Waals surface area contributed by atoms with E-state index in [0.717, 1.165) is 0 Å². The van der Waals surface area contributed by atoms with Crippen LogP contribution < -0.4 is 11.1 Å². The number of rotatable bonds is 5. The van der Waals surface area contributed by atoms with Gasteiger partial charge in [0.25, 0.3) is 5.91 Å². The molecule has 0 atom stereocenters. The third-order valence-electron chi connectivity index (χ3n) is 2.53. The molecule has 0 spiro atoms. The fourth-order valence-corrected chi connectivity index (χ4v) is 1.52. The first-order valence-corrected chi connectivity index (χ1v) is 5.85. The van der Waals surface area contributed by atoms with E-state index in [9.17, 15) is 14.0 Å². The van der Waals surface area contributed by atoms with Crippen LogP contribution in [0.15, 0.2) is 34.9 Å². The predicted octanol–water partition coefficient (Wildman–Crippen LogP) is 1.09. The quantitative estimate of drug-likeness (QED) is 0.854. The molecule has 0 radical (unpaired) electrons. The van der Waals surface area contributed by atoms with Crippen molar-refractivity contribution in [2.45, 2.75) is 6.42 Å². The molecule has 1 aromatic carbocycles. The van der Waals surface area contributed by atoms with Gasteiger partial charge in [-0.05, 0) is 24.3 Å². The van der Waals surface area contributed by atoms with Crippen LogP contribution in [0.1, 0.15) is 16.9 Å². The Morgan fingerprint density at radius 2 is 2.00 bits per heavy atom. The summed E-state index contributed by atoms with van der Waals surface area (Å²) in [5.74, 6) is -0.983. The molecule has 0 saturated carbocycles. The fraction of sp³-hybridized carbons (Fsp3) is 0.154. The van der Waals surface area contributed by atoms with Crippen molar-refractivity contribution >= 4 is 11.8 Å². The molecule has 0 aliphatic rings. The Labute approximate surface area is 113 Å². The summed E-state index contributed by atoms with van der Waals surface area (Å²) in [7, 11) is 0. The third kappa shape index (κ3) is 3.41. The molecule has 3 N–H and O–H groups in total. The average Bonchev–Trinajstić information content (AvgIpc) is 2.88. The van der Waals surface area contributed by atoms with E-state index in [1.54, 1.807) is 0 Å². The first kappa shape index (κ1) is 13.7. The van der Waals surface area contributed by atoms with Crippen LogP contribution in [0.2, 0.25) is 0 Å². The zero-order chi connectivity index (χ0) is 14.5. The zero-order valence-corrected chi connectivity index (χ0v) is 10.4. The number of carbonyl (C=O) groups excluding carboxylic acids is 2. The van der Waals surface area contributed by atoms with Gasteiger partial charge in [-0.1, -0.05) is 5.16 Å². The maximum absolute atomic E-state index is 12.8. The Morgan fingerprint density at radius 3 is 2.65 bits per heavy atom. The Morgan fingerprint density at radius 1 is 1.30 bits per heavy atom. The minimum Gasteiger partial charge on any atom is -0.370 e. The van der Waals surface area contributed by atoms with Crippen molar-refractivity contribution in [3.8, 4) is 11.3 Å². The van der Waals surface area contributed by atoms with Gasteiger partial charge in [-0.3, -0.25) is 9.59 Å². The van der Waals surface area contributed by atoms with E-state index in [2.05, 4.69) is 10.5 Å². The summed E-state index contributed by atoms with van der Waals surface area (Å²) in [5, 5.41) is 6.10. The van der Waals surface area contributed by atoms with E-state index < -0.39 is 11.8 Å². The minimum absolute atomic E-state index is 0.0500. The lowest BCUT2D eigenvalue weighted by molar-refractivity contribution is -0.117. The van der Waals surface area contributed by atoms with Gasteiger partial charge in [-0.15, -0.1) is 0 Å². The fourth-order valence-electron chi connectivity index (χ4n) is 1.52. The molecular weight excluding hydrogens is 265 g/mol. The molecule has 0 aliphatic carbocycles. The Hall–Kier alpha value is -2.70. The Balaban J connectivity index is 2.03. The lowest BCUT2D eigenvalue weighted by Gasteiger charge is -1.99. The minimum atomic E-state index is -0.502. The third-order valence-corrected chi connectivity index (χ3v) is 2.53. The van der Waals surface area contributed by atoms with Crippen molar-refractivity contribution < 1.29 is 18.5 Å². The molecule has 2 amide bonds. The van der Waals surface area contributed by atoms with Crippen LogP contribution in [0.3, 0.4) is 0 Å². The number of halogens is 1. The molecule has 0 aliphatic heterocycles. The summed E-state index contributed by atoms with van der Waals surface area (Å²) >= 11 is 0. The molecule has 0 fully saturated rings. The number of hydrogen-bond acceptors (Lipinski definition) is 4. The standard InChI is InChI=1S/C13H12FN3O3/c14-9-3-1-8(2-4-9)11-7-10(17-20-11)13(19)16-6-5-12(15)18/h1-4,7H,5-6H2,(H2,15,18)(H,16,19). The number of nitrogens with two attached hydrogens (primary N) is 1. The first-order chi connectivity index (χ1) is 9.56. The van der Waals surface area contributed by atoms with E-state index in [1.807, 2.05) is 0 Å². The van der Waals surface area contributed by atoms with Crippen LogP contribution in [0.25, 0.3) is 11.3 Å². The van der Waals surface area contributed by atoms with E-state index >= 15 is 0 Å². The van der Waals surface area contributed by atoms with Crippen molar-refractivity contribution in [2.24, 2.45) is 5.73 Å². The number of hydrogen-bond donors (Lipinski definition) is 2. The molecule has 7 heteroatoms. The molecule has 6 nitrogen and oxygen atoms in total. The molecule has 20 heavy (non-hydrogen) atoms. The number of nitrogens with zero attached hydrogens (tertiary/aromatic N) is 1. The lowest BCUT2D eigenvalue weighted by Crippen LogP contribution is -2.28. The number of nitrogens with one attached hydrogen (secondary N) is 1. The normalized spacial score (nSPS) is 10.2. The van der Waals surface area contributed by atoms with Crippen molar-refractivity contribution in [2.75, 3.05) is 6.54 Å². The van der Waals surface area contributed by atoms with E-state index in [0.29, 0.717) is 11.3 Å². The topological polar surface area (TPSA) is 98.2 Å². The van der Waals surface area contributed by atoms with Gasteiger partial charge in [-0.25, -0.2) is 4.39 Å². The maximum Gasteiger partial charge on any atom is 0.273 e. The summed E-state index contributed by atoms with van der Waals surface area (Å²) in [5.41, 5.74) is 5.64. The largest absolute Gasteiger partial charge is 0.370 e. The number of primary amides is 1. The van der Waals surface area contributed by atoms with Gasteiger partial charge in [0.2, 0.25) is 5.91 Å². The van der Waals surface area contributed by atoms with Crippen molar-refractivity contribution in [1.29, 1.82) is 0 Å². The first-order valence-electron chi connectivity index (χ1n) is 5.85. The second kappa shape index (κ2) is 5.96. The van der Waals surface area contributed by atoms with Crippen LogP contribution in [0.5, 0.6) is 0 Å². The molecule has 2 rings (SSSR count). The molecule has 2 aromatic rings. The Bertz CT molecular complexity index is 622. The molecule has 1 aromatic heterocycles. The van der Waals surface area contributed by atoms with Gasteiger partial charge in [0.1, 0.15) is 5.82 Å². The highest BCUT2D eigenvalue weighted by Gasteiger charge is 2.13. The van der Waals surface area contributed by atoms with Gasteiger partial charge >= 0.3 is 0 Å². The number of aromatic nitrogens is 1. The lowest BCUT2D eigenvalue weighted by atomic mass is 10.1. The second-order valence-corrected chi connectivity index (χ2v) is 4.06. The predicted molar refractivity (Wildman–Crippen MR) is 68.0 cm³/mol. The van der Waals surface area contributed by atoms with Crippen LogP contribution in [0.4, 0.5) is 4.39 Å². The van der Waals surface area contributed by atoms with Gasteiger partial charge < -0.3 is 15.6 Å². The van der Waals surface area contributed by atoms with Crippen molar-refractivity contribution in [3.05, 3.63) is 41.8 Å². The summed E-state index contributed by atoms with van der Waals surface area (Å²) < 4.78 is 17.8.